The molecule has 3 aliphatic heterocycles. The van der Waals surface area contributed by atoms with Gasteiger partial charge in [0.2, 0.25) is 0 Å². The van der Waals surface area contributed by atoms with Crippen LogP contribution in [0.1, 0.15) is 18.4 Å². The molecule has 3 aliphatic rings. The van der Waals surface area contributed by atoms with Crippen molar-refractivity contribution < 1.29 is 14.4 Å². The van der Waals surface area contributed by atoms with Crippen molar-refractivity contribution in [2.45, 2.75) is 19.3 Å². The number of para-hydroxylation sites is 1. The smallest absolute Gasteiger partial charge is 0.122 e. The Hall–Kier alpha value is -2.00. The third-order valence-electron chi connectivity index (χ3n) is 5.74. The molecule has 0 amide bonds. The number of hydrogen-bond donors (Lipinski definition) is 1. The third kappa shape index (κ3) is 4.35. The van der Waals surface area contributed by atoms with Crippen LogP contribution in [0.2, 0.25) is 0 Å². The molecule has 3 fully saturated rings. The van der Waals surface area contributed by atoms with Crippen LogP contribution >= 0.6 is 0 Å². The molecule has 132 valence electrons. The molecule has 3 heteroatoms. The quantitative estimate of drug-likeness (QED) is 0.784. The lowest BCUT2D eigenvalue weighted by Gasteiger charge is -2.42. The topological polar surface area (TPSA) is 22.9 Å². The summed E-state index contributed by atoms with van der Waals surface area (Å²) in [6, 6.07) is 18.5. The summed E-state index contributed by atoms with van der Waals surface area (Å²) < 4.78 is 11.4. The van der Waals surface area contributed by atoms with E-state index in [4.69, 9.17) is 9.47 Å². The summed E-state index contributed by atoms with van der Waals surface area (Å²) in [4.78, 5) is 1.82. The summed E-state index contributed by atoms with van der Waals surface area (Å²) >= 11 is 0. The van der Waals surface area contributed by atoms with Gasteiger partial charge in [-0.15, -0.1) is 0 Å². The van der Waals surface area contributed by atoms with Crippen LogP contribution in [0.15, 0.2) is 54.6 Å². The fourth-order valence-electron chi connectivity index (χ4n) is 4.36. The van der Waals surface area contributed by atoms with Crippen LogP contribution in [0.3, 0.4) is 0 Å². The monoisotopic (exact) mass is 338 g/mol. The zero-order valence-corrected chi connectivity index (χ0v) is 14.8. The number of piperidine rings is 3. The number of hydrogen-bond acceptors (Lipinski definition) is 2. The molecule has 3 heterocycles. The van der Waals surface area contributed by atoms with Gasteiger partial charge in [-0.1, -0.05) is 30.3 Å². The van der Waals surface area contributed by atoms with Gasteiger partial charge in [0, 0.05) is 18.8 Å². The summed E-state index contributed by atoms with van der Waals surface area (Å²) in [6.07, 6.45) is 4.09. The van der Waals surface area contributed by atoms with Crippen molar-refractivity contribution in [2.24, 2.45) is 11.8 Å². The standard InChI is InChI=1S/C22H27NO2/c1-2-4-21(5-3-1)24-14-15-25-22-8-6-18(7-9-22)16-20-17-23-12-10-19(20)11-13-23/h1-9,19-20H,10-17H2/p+1/t20-/m0/s1. The third-order valence-corrected chi connectivity index (χ3v) is 5.74. The van der Waals surface area contributed by atoms with Crippen molar-refractivity contribution in [3.05, 3.63) is 60.2 Å². The van der Waals surface area contributed by atoms with Gasteiger partial charge in [0.15, 0.2) is 0 Å². The van der Waals surface area contributed by atoms with Gasteiger partial charge in [0.25, 0.3) is 0 Å². The maximum Gasteiger partial charge on any atom is 0.122 e. The van der Waals surface area contributed by atoms with Gasteiger partial charge >= 0.3 is 0 Å². The normalized spacial score (nSPS) is 24.9. The van der Waals surface area contributed by atoms with E-state index in [1.807, 2.05) is 35.2 Å². The van der Waals surface area contributed by atoms with Gasteiger partial charge in [-0.3, -0.25) is 0 Å². The number of ether oxygens (including phenoxy) is 2. The van der Waals surface area contributed by atoms with Crippen molar-refractivity contribution in [1.82, 2.24) is 0 Å². The predicted octanol–water partition coefficient (Wildman–Crippen LogP) is 2.61. The average molecular weight is 338 g/mol. The van der Waals surface area contributed by atoms with Crippen LogP contribution in [0.25, 0.3) is 0 Å². The van der Waals surface area contributed by atoms with Gasteiger partial charge in [0.1, 0.15) is 24.7 Å². The first-order chi connectivity index (χ1) is 12.4. The first-order valence-electron chi connectivity index (χ1n) is 9.60. The molecule has 0 unspecified atom stereocenters. The Morgan fingerprint density at radius 2 is 1.44 bits per heavy atom. The Labute approximate surface area is 150 Å². The fraction of sp³-hybridized carbons (Fsp3) is 0.455. The van der Waals surface area contributed by atoms with Gasteiger partial charge in [-0.2, -0.15) is 0 Å². The SMILES string of the molecule is c1ccc(OCCOc2ccc(C[C@H]3C[NH+]4CCC3CC4)cc2)cc1. The second-order valence-electron chi connectivity index (χ2n) is 7.41. The van der Waals surface area contributed by atoms with Crippen molar-refractivity contribution >= 4 is 0 Å². The molecule has 2 aromatic rings. The molecule has 0 spiro atoms. The predicted molar refractivity (Wildman–Crippen MR) is 99.4 cm³/mol. The highest BCUT2D eigenvalue weighted by Gasteiger charge is 2.36. The Morgan fingerprint density at radius 3 is 2.04 bits per heavy atom. The highest BCUT2D eigenvalue weighted by Crippen LogP contribution is 2.27. The molecular weight excluding hydrogens is 310 g/mol. The molecule has 0 aliphatic carbocycles. The van der Waals surface area contributed by atoms with E-state index >= 15 is 0 Å². The van der Waals surface area contributed by atoms with E-state index in [9.17, 15) is 0 Å². The van der Waals surface area contributed by atoms with E-state index in [0.717, 1.165) is 23.3 Å². The lowest BCUT2D eigenvalue weighted by molar-refractivity contribution is -0.921. The minimum Gasteiger partial charge on any atom is -0.490 e. The molecule has 5 rings (SSSR count). The minimum atomic E-state index is 0.564. The number of nitrogens with one attached hydrogen (secondary N) is 1. The van der Waals surface area contributed by atoms with E-state index in [1.54, 1.807) is 0 Å². The highest BCUT2D eigenvalue weighted by molar-refractivity contribution is 5.27. The lowest BCUT2D eigenvalue weighted by Crippen LogP contribution is -3.15. The molecule has 2 bridgehead atoms. The summed E-state index contributed by atoms with van der Waals surface area (Å²) in [5, 5.41) is 0. The molecule has 0 radical (unpaired) electrons. The maximum absolute atomic E-state index is 5.79. The number of benzene rings is 2. The van der Waals surface area contributed by atoms with Gasteiger partial charge < -0.3 is 14.4 Å². The molecular formula is C22H28NO2+. The van der Waals surface area contributed by atoms with Crippen molar-refractivity contribution in [2.75, 3.05) is 32.8 Å². The van der Waals surface area contributed by atoms with Crippen molar-refractivity contribution in [3.63, 3.8) is 0 Å². The van der Waals surface area contributed by atoms with Crippen molar-refractivity contribution in [3.8, 4) is 11.5 Å². The van der Waals surface area contributed by atoms with E-state index in [0.29, 0.717) is 13.2 Å². The Balaban J connectivity index is 1.22. The lowest BCUT2D eigenvalue weighted by atomic mass is 9.76. The van der Waals surface area contributed by atoms with Crippen LogP contribution < -0.4 is 14.4 Å². The molecule has 25 heavy (non-hydrogen) atoms. The van der Waals surface area contributed by atoms with Crippen LogP contribution in [0, 0.1) is 11.8 Å². The average Bonchev–Trinajstić information content (AvgIpc) is 2.68. The molecule has 3 saturated heterocycles. The van der Waals surface area contributed by atoms with Gasteiger partial charge in [-0.05, 0) is 42.2 Å². The minimum absolute atomic E-state index is 0.564. The first kappa shape index (κ1) is 16.5. The van der Waals surface area contributed by atoms with Crippen LogP contribution in [0.5, 0.6) is 11.5 Å². The molecule has 2 aromatic carbocycles. The second-order valence-corrected chi connectivity index (χ2v) is 7.41. The fourth-order valence-corrected chi connectivity index (χ4v) is 4.36. The van der Waals surface area contributed by atoms with E-state index < -0.39 is 0 Å². The van der Waals surface area contributed by atoms with Crippen LogP contribution in [-0.2, 0) is 6.42 Å². The van der Waals surface area contributed by atoms with Gasteiger partial charge in [-0.25, -0.2) is 0 Å². The zero-order chi connectivity index (χ0) is 16.9. The molecule has 1 atom stereocenters. The number of quaternary nitrogens is 1. The summed E-state index contributed by atoms with van der Waals surface area (Å²) in [5.74, 6) is 3.66. The van der Waals surface area contributed by atoms with E-state index in [1.165, 1.54) is 44.5 Å². The molecule has 1 N–H and O–H groups in total. The molecule has 0 aromatic heterocycles. The zero-order valence-electron chi connectivity index (χ0n) is 14.8. The Morgan fingerprint density at radius 1 is 0.800 bits per heavy atom. The highest BCUT2D eigenvalue weighted by atomic mass is 16.5. The first-order valence-corrected chi connectivity index (χ1v) is 9.60. The number of rotatable bonds is 7. The summed E-state index contributed by atoms with van der Waals surface area (Å²) in [6.45, 7) is 5.31. The summed E-state index contributed by atoms with van der Waals surface area (Å²) in [7, 11) is 0. The second kappa shape index (κ2) is 7.92. The van der Waals surface area contributed by atoms with Crippen LogP contribution in [0.4, 0.5) is 0 Å². The van der Waals surface area contributed by atoms with Gasteiger partial charge in [0.05, 0.1) is 19.6 Å². The Bertz CT molecular complexity index is 647. The van der Waals surface area contributed by atoms with Crippen molar-refractivity contribution in [1.29, 1.82) is 0 Å². The number of fused-ring (bicyclic) bond motifs is 3. The molecule has 0 saturated carbocycles. The largest absolute Gasteiger partial charge is 0.490 e. The van der Waals surface area contributed by atoms with E-state index in [-0.39, 0.29) is 0 Å². The molecule has 3 nitrogen and oxygen atoms in total. The summed E-state index contributed by atoms with van der Waals surface area (Å²) in [5.41, 5.74) is 1.45. The Kier molecular flexibility index (Phi) is 5.22. The van der Waals surface area contributed by atoms with E-state index in [2.05, 4.69) is 24.3 Å². The van der Waals surface area contributed by atoms with Crippen LogP contribution in [-0.4, -0.2) is 32.8 Å². The maximum atomic E-state index is 5.79.